The van der Waals surface area contributed by atoms with E-state index in [9.17, 15) is 35.5 Å². The van der Waals surface area contributed by atoms with Gasteiger partial charge in [-0.3, -0.25) is 4.98 Å². The van der Waals surface area contributed by atoms with E-state index in [0.29, 0.717) is 24.8 Å². The zero-order valence-corrected chi connectivity index (χ0v) is 17.1. The molecular formula is C20H18F7NO4. The maximum atomic E-state index is 14.8. The van der Waals surface area contributed by atoms with Crippen molar-refractivity contribution in [2.24, 2.45) is 0 Å². The number of carbonyl (C=O) groups is 1. The molecule has 32 heavy (non-hydrogen) atoms. The number of halogens is 7. The molecule has 1 unspecified atom stereocenters. The molecule has 0 spiro atoms. The molecule has 1 atom stereocenters. The van der Waals surface area contributed by atoms with Crippen LogP contribution in [0.2, 0.25) is 0 Å². The molecule has 0 N–H and O–H groups in total. The lowest BCUT2D eigenvalue weighted by molar-refractivity contribution is -0.348. The Hall–Kier alpha value is -2.63. The van der Waals surface area contributed by atoms with Crippen molar-refractivity contribution in [1.82, 2.24) is 4.98 Å². The number of pyridine rings is 1. The topological polar surface area (TPSA) is 57.7 Å². The van der Waals surface area contributed by atoms with Crippen molar-refractivity contribution in [3.8, 4) is 5.75 Å². The molecule has 0 saturated carbocycles. The highest BCUT2D eigenvalue weighted by atomic mass is 19.4. The molecule has 1 aliphatic rings. The van der Waals surface area contributed by atoms with Crippen LogP contribution in [0.1, 0.15) is 28.8 Å². The predicted molar refractivity (Wildman–Crippen MR) is 97.2 cm³/mol. The zero-order chi connectivity index (χ0) is 24.1. The van der Waals surface area contributed by atoms with Gasteiger partial charge < -0.3 is 14.2 Å². The summed E-state index contributed by atoms with van der Waals surface area (Å²) in [6.45, 7) is 4.29. The smallest absolute Gasteiger partial charge is 0.428 e. The van der Waals surface area contributed by atoms with Gasteiger partial charge in [0.2, 0.25) is 0 Å². The van der Waals surface area contributed by atoms with Crippen LogP contribution in [-0.2, 0) is 15.1 Å². The van der Waals surface area contributed by atoms with Crippen LogP contribution >= 0.6 is 0 Å². The van der Waals surface area contributed by atoms with Crippen molar-refractivity contribution in [2.45, 2.75) is 51.3 Å². The fourth-order valence-electron chi connectivity index (χ4n) is 3.42. The second kappa shape index (κ2) is 8.05. The van der Waals surface area contributed by atoms with Crippen molar-refractivity contribution in [1.29, 1.82) is 0 Å². The lowest BCUT2D eigenvalue weighted by Crippen LogP contribution is -2.50. The van der Waals surface area contributed by atoms with Crippen molar-refractivity contribution in [3.05, 3.63) is 34.5 Å². The number of aromatic nitrogens is 1. The maximum Gasteiger partial charge on any atom is 0.514 e. The van der Waals surface area contributed by atoms with Gasteiger partial charge in [-0.05, 0) is 38.5 Å². The Bertz CT molecular complexity index is 1030. The molecule has 3 rings (SSSR count). The minimum absolute atomic E-state index is 0.0759. The number of carbonyl (C=O) groups excluding carboxylic acids is 1. The second-order valence-electron chi connectivity index (χ2n) is 7.45. The van der Waals surface area contributed by atoms with Crippen LogP contribution in [0.15, 0.2) is 12.1 Å². The summed E-state index contributed by atoms with van der Waals surface area (Å²) in [7, 11) is 0. The number of alkyl halides is 7. The molecule has 5 nitrogen and oxygen atoms in total. The first-order valence-corrected chi connectivity index (χ1v) is 9.37. The lowest BCUT2D eigenvalue weighted by Gasteiger charge is -2.31. The predicted octanol–water partition coefficient (Wildman–Crippen LogP) is 5.75. The molecule has 0 radical (unpaired) electrons. The highest BCUT2D eigenvalue weighted by molar-refractivity contribution is 5.90. The highest BCUT2D eigenvalue weighted by Gasteiger charge is 2.74. The maximum absolute atomic E-state index is 14.8. The van der Waals surface area contributed by atoms with Gasteiger partial charge in [-0.25, -0.2) is 9.18 Å². The molecule has 1 aromatic carbocycles. The summed E-state index contributed by atoms with van der Waals surface area (Å²) in [5, 5.41) is -0.399. The molecule has 2 aromatic rings. The van der Waals surface area contributed by atoms with Gasteiger partial charge in [0.25, 0.3) is 0 Å². The fourth-order valence-corrected chi connectivity index (χ4v) is 3.42. The Labute approximate surface area is 177 Å². The molecule has 1 fully saturated rings. The minimum atomic E-state index is -6.29. The van der Waals surface area contributed by atoms with E-state index in [1.165, 1.54) is 13.8 Å². The number of hydrogen-bond donors (Lipinski definition) is 0. The molecule has 0 bridgehead atoms. The van der Waals surface area contributed by atoms with E-state index in [1.54, 1.807) is 0 Å². The van der Waals surface area contributed by atoms with Crippen molar-refractivity contribution in [3.63, 3.8) is 0 Å². The Kier molecular flexibility index (Phi) is 6.05. The van der Waals surface area contributed by atoms with Crippen LogP contribution in [0.25, 0.3) is 10.9 Å². The third-order valence-corrected chi connectivity index (χ3v) is 5.25. The summed E-state index contributed by atoms with van der Waals surface area (Å²) in [6.07, 6.45) is -14.0. The van der Waals surface area contributed by atoms with Gasteiger partial charge in [-0.2, -0.15) is 26.3 Å². The first kappa shape index (κ1) is 24.0. The summed E-state index contributed by atoms with van der Waals surface area (Å²) < 4.78 is 110. The quantitative estimate of drug-likeness (QED) is 0.423. The van der Waals surface area contributed by atoms with Gasteiger partial charge in [0.05, 0.1) is 18.7 Å². The van der Waals surface area contributed by atoms with Crippen LogP contribution in [0.5, 0.6) is 5.75 Å². The summed E-state index contributed by atoms with van der Waals surface area (Å²) in [5.41, 5.74) is -7.55. The Morgan fingerprint density at radius 2 is 1.69 bits per heavy atom. The average molecular weight is 469 g/mol. The number of nitrogens with zero attached hydrogens (tertiary/aromatic N) is 1. The third-order valence-electron chi connectivity index (χ3n) is 5.25. The minimum Gasteiger partial charge on any atom is -0.428 e. The van der Waals surface area contributed by atoms with Gasteiger partial charge in [-0.1, -0.05) is 0 Å². The number of benzene rings is 1. The summed E-state index contributed by atoms with van der Waals surface area (Å²) in [4.78, 5) is 16.3. The third kappa shape index (κ3) is 4.07. The number of rotatable bonds is 3. The van der Waals surface area contributed by atoms with Crippen LogP contribution in [0.4, 0.5) is 35.5 Å². The largest absolute Gasteiger partial charge is 0.514 e. The normalized spacial score (nSPS) is 17.6. The van der Waals surface area contributed by atoms with Crippen molar-refractivity contribution >= 4 is 17.1 Å². The molecule has 0 amide bonds. The van der Waals surface area contributed by atoms with Crippen LogP contribution in [0.3, 0.4) is 0 Å². The van der Waals surface area contributed by atoms with E-state index in [-0.39, 0.29) is 23.4 Å². The van der Waals surface area contributed by atoms with Gasteiger partial charge >= 0.3 is 24.2 Å². The first-order chi connectivity index (χ1) is 14.7. The second-order valence-corrected chi connectivity index (χ2v) is 7.45. The van der Waals surface area contributed by atoms with E-state index in [1.807, 2.05) is 0 Å². The molecular weight excluding hydrogens is 451 g/mol. The van der Waals surface area contributed by atoms with Gasteiger partial charge in [0.1, 0.15) is 11.9 Å². The number of ether oxygens (including phenoxy) is 3. The number of aryl methyl sites for hydroxylation is 2. The summed E-state index contributed by atoms with van der Waals surface area (Å²) >= 11 is 0. The van der Waals surface area contributed by atoms with E-state index >= 15 is 0 Å². The fraction of sp³-hybridized carbons (Fsp3) is 0.500. The first-order valence-electron chi connectivity index (χ1n) is 9.37. The Morgan fingerprint density at radius 1 is 1.06 bits per heavy atom. The van der Waals surface area contributed by atoms with E-state index in [4.69, 9.17) is 14.2 Å². The SMILES string of the molecule is Cc1cc2nc(C)c(C)c(OC(=O)OC3CCOC3)c2cc1C(F)(C(F)(F)F)C(F)(F)F. The van der Waals surface area contributed by atoms with Crippen LogP contribution < -0.4 is 4.74 Å². The van der Waals surface area contributed by atoms with Crippen molar-refractivity contribution < 1.29 is 49.7 Å². The van der Waals surface area contributed by atoms with Gasteiger partial charge in [0.15, 0.2) is 0 Å². The van der Waals surface area contributed by atoms with E-state index < -0.39 is 46.8 Å². The average Bonchev–Trinajstić information content (AvgIpc) is 3.15. The van der Waals surface area contributed by atoms with E-state index in [0.717, 1.165) is 13.0 Å². The summed E-state index contributed by atoms with van der Waals surface area (Å²) in [6, 6.07) is 1.25. The zero-order valence-electron chi connectivity index (χ0n) is 17.1. The number of hydrogen-bond acceptors (Lipinski definition) is 5. The lowest BCUT2D eigenvalue weighted by atomic mass is 9.88. The standard InChI is InChI=1S/C20H18F7NO4/c1-9-6-15-13(7-14(9)18(21,19(22,23)24)20(25,26)27)16(10(2)11(3)28-15)32-17(29)31-12-4-5-30-8-12/h6-7,12H,4-5,8H2,1-3H3. The molecule has 1 aromatic heterocycles. The molecule has 1 aliphatic heterocycles. The molecule has 1 saturated heterocycles. The van der Waals surface area contributed by atoms with Crippen LogP contribution in [-0.4, -0.2) is 42.8 Å². The van der Waals surface area contributed by atoms with Crippen molar-refractivity contribution in [2.75, 3.05) is 13.2 Å². The molecule has 12 heteroatoms. The molecule has 2 heterocycles. The summed E-state index contributed by atoms with van der Waals surface area (Å²) in [5.74, 6) is -0.371. The highest BCUT2D eigenvalue weighted by Crippen LogP contribution is 2.54. The van der Waals surface area contributed by atoms with Gasteiger partial charge in [0, 0.05) is 28.6 Å². The molecule has 0 aliphatic carbocycles. The van der Waals surface area contributed by atoms with E-state index in [2.05, 4.69) is 4.98 Å². The van der Waals surface area contributed by atoms with Crippen LogP contribution in [0, 0.1) is 20.8 Å². The van der Waals surface area contributed by atoms with Gasteiger partial charge in [-0.15, -0.1) is 0 Å². The Morgan fingerprint density at radius 3 is 2.22 bits per heavy atom. The number of fused-ring (bicyclic) bond motifs is 1. The Balaban J connectivity index is 2.18. The molecule has 176 valence electrons. The monoisotopic (exact) mass is 469 g/mol.